The number of aromatic nitrogens is 2. The van der Waals surface area contributed by atoms with Crippen molar-refractivity contribution in [2.24, 2.45) is 0 Å². The molecular formula is C15H26N4. The van der Waals surface area contributed by atoms with Crippen LogP contribution in [0.2, 0.25) is 0 Å². The van der Waals surface area contributed by atoms with E-state index in [1.54, 1.807) is 6.33 Å². The Morgan fingerprint density at radius 2 is 2.05 bits per heavy atom. The van der Waals surface area contributed by atoms with Crippen LogP contribution in [0.1, 0.15) is 45.2 Å². The second-order valence-electron chi connectivity index (χ2n) is 5.47. The van der Waals surface area contributed by atoms with Gasteiger partial charge in [0.05, 0.1) is 0 Å². The van der Waals surface area contributed by atoms with Gasteiger partial charge < -0.3 is 5.32 Å². The fourth-order valence-electron chi connectivity index (χ4n) is 2.63. The van der Waals surface area contributed by atoms with Crippen LogP contribution in [0.25, 0.3) is 0 Å². The van der Waals surface area contributed by atoms with E-state index in [0.29, 0.717) is 6.04 Å². The molecule has 106 valence electrons. The van der Waals surface area contributed by atoms with Gasteiger partial charge in [-0.05, 0) is 39.3 Å². The van der Waals surface area contributed by atoms with Gasteiger partial charge in [-0.2, -0.15) is 0 Å². The molecule has 0 saturated carbocycles. The van der Waals surface area contributed by atoms with E-state index >= 15 is 0 Å². The monoisotopic (exact) mass is 262 g/mol. The third-order valence-corrected chi connectivity index (χ3v) is 3.82. The molecule has 0 radical (unpaired) electrons. The second-order valence-corrected chi connectivity index (χ2v) is 5.47. The van der Waals surface area contributed by atoms with E-state index in [1.165, 1.54) is 32.4 Å². The Morgan fingerprint density at radius 3 is 2.79 bits per heavy atom. The van der Waals surface area contributed by atoms with Crippen LogP contribution in [0.3, 0.4) is 0 Å². The number of rotatable bonds is 6. The standard InChI is InChI=1S/C15H26N4/c1-3-7-14-10-15(18-12-17-14)16-11-13(2)19-8-5-4-6-9-19/h10,12-13H,3-9,11H2,1-2H3,(H,16,17,18). The Labute approximate surface area is 116 Å². The number of piperidine rings is 1. The Hall–Kier alpha value is -1.16. The molecule has 1 fully saturated rings. The Bertz CT molecular complexity index is 374. The summed E-state index contributed by atoms with van der Waals surface area (Å²) in [6.07, 6.45) is 7.90. The first-order valence-electron chi connectivity index (χ1n) is 7.58. The highest BCUT2D eigenvalue weighted by Crippen LogP contribution is 2.13. The first kappa shape index (κ1) is 14.3. The molecule has 1 aliphatic heterocycles. The highest BCUT2D eigenvalue weighted by Gasteiger charge is 2.16. The number of likely N-dealkylation sites (tertiary alicyclic amines) is 1. The topological polar surface area (TPSA) is 41.0 Å². The predicted octanol–water partition coefficient (Wildman–Crippen LogP) is 2.72. The SMILES string of the molecule is CCCc1cc(NCC(C)N2CCCCC2)ncn1. The molecule has 0 bridgehead atoms. The van der Waals surface area contributed by atoms with Crippen molar-refractivity contribution in [2.75, 3.05) is 25.0 Å². The van der Waals surface area contributed by atoms with Crippen LogP contribution in [0.15, 0.2) is 12.4 Å². The van der Waals surface area contributed by atoms with Crippen molar-refractivity contribution in [3.8, 4) is 0 Å². The summed E-state index contributed by atoms with van der Waals surface area (Å²) in [6.45, 7) is 7.92. The van der Waals surface area contributed by atoms with Crippen molar-refractivity contribution < 1.29 is 0 Å². The molecule has 1 aromatic heterocycles. The minimum Gasteiger partial charge on any atom is -0.368 e. The molecule has 4 nitrogen and oxygen atoms in total. The number of nitrogens with zero attached hydrogens (tertiary/aromatic N) is 3. The number of hydrogen-bond acceptors (Lipinski definition) is 4. The maximum absolute atomic E-state index is 4.30. The van der Waals surface area contributed by atoms with E-state index in [0.717, 1.165) is 30.9 Å². The van der Waals surface area contributed by atoms with Crippen LogP contribution in [0.4, 0.5) is 5.82 Å². The summed E-state index contributed by atoms with van der Waals surface area (Å²) in [6, 6.07) is 2.65. The Kier molecular flexibility index (Phi) is 5.58. The quantitative estimate of drug-likeness (QED) is 0.856. The summed E-state index contributed by atoms with van der Waals surface area (Å²) in [5, 5.41) is 3.45. The number of hydrogen-bond donors (Lipinski definition) is 1. The summed E-state index contributed by atoms with van der Waals surface area (Å²) >= 11 is 0. The highest BCUT2D eigenvalue weighted by molar-refractivity contribution is 5.34. The lowest BCUT2D eigenvalue weighted by Gasteiger charge is -2.32. The third-order valence-electron chi connectivity index (χ3n) is 3.82. The molecule has 1 unspecified atom stereocenters. The van der Waals surface area contributed by atoms with Gasteiger partial charge >= 0.3 is 0 Å². The van der Waals surface area contributed by atoms with Gasteiger partial charge in [0.1, 0.15) is 12.1 Å². The van der Waals surface area contributed by atoms with Gasteiger partial charge in [0.25, 0.3) is 0 Å². The highest BCUT2D eigenvalue weighted by atomic mass is 15.2. The summed E-state index contributed by atoms with van der Waals surface area (Å²) in [5.74, 6) is 0.960. The first-order valence-corrected chi connectivity index (χ1v) is 7.58. The van der Waals surface area contributed by atoms with Gasteiger partial charge in [-0.15, -0.1) is 0 Å². The predicted molar refractivity (Wildman–Crippen MR) is 79.4 cm³/mol. The van der Waals surface area contributed by atoms with Gasteiger partial charge in [0.15, 0.2) is 0 Å². The van der Waals surface area contributed by atoms with Crippen LogP contribution in [-0.2, 0) is 6.42 Å². The lowest BCUT2D eigenvalue weighted by molar-refractivity contribution is 0.180. The van der Waals surface area contributed by atoms with Crippen LogP contribution in [-0.4, -0.2) is 40.5 Å². The van der Waals surface area contributed by atoms with Crippen LogP contribution in [0, 0.1) is 0 Å². The molecule has 1 saturated heterocycles. The van der Waals surface area contributed by atoms with Gasteiger partial charge in [0, 0.05) is 24.3 Å². The smallest absolute Gasteiger partial charge is 0.129 e. The van der Waals surface area contributed by atoms with Crippen molar-refractivity contribution in [1.82, 2.24) is 14.9 Å². The Morgan fingerprint density at radius 1 is 1.26 bits per heavy atom. The third kappa shape index (κ3) is 4.46. The molecule has 2 rings (SSSR count). The van der Waals surface area contributed by atoms with E-state index in [2.05, 4.69) is 40.1 Å². The summed E-state index contributed by atoms with van der Waals surface area (Å²) in [5.41, 5.74) is 1.13. The van der Waals surface area contributed by atoms with E-state index in [-0.39, 0.29) is 0 Å². The molecule has 0 amide bonds. The van der Waals surface area contributed by atoms with Crippen molar-refractivity contribution in [3.05, 3.63) is 18.1 Å². The zero-order valence-corrected chi connectivity index (χ0v) is 12.2. The van der Waals surface area contributed by atoms with E-state index in [4.69, 9.17) is 0 Å². The zero-order valence-electron chi connectivity index (χ0n) is 12.2. The molecule has 19 heavy (non-hydrogen) atoms. The fourth-order valence-corrected chi connectivity index (χ4v) is 2.63. The van der Waals surface area contributed by atoms with Gasteiger partial charge in [-0.25, -0.2) is 9.97 Å². The zero-order chi connectivity index (χ0) is 13.5. The van der Waals surface area contributed by atoms with Crippen LogP contribution >= 0.6 is 0 Å². The average molecular weight is 262 g/mol. The Balaban J connectivity index is 1.82. The summed E-state index contributed by atoms with van der Waals surface area (Å²) in [7, 11) is 0. The second kappa shape index (κ2) is 7.43. The van der Waals surface area contributed by atoms with Crippen LogP contribution < -0.4 is 5.32 Å². The summed E-state index contributed by atoms with van der Waals surface area (Å²) < 4.78 is 0. The maximum atomic E-state index is 4.30. The van der Waals surface area contributed by atoms with E-state index in [1.807, 2.05) is 0 Å². The van der Waals surface area contributed by atoms with Crippen LogP contribution in [0.5, 0.6) is 0 Å². The van der Waals surface area contributed by atoms with E-state index in [9.17, 15) is 0 Å². The molecular weight excluding hydrogens is 236 g/mol. The molecule has 1 aromatic rings. The van der Waals surface area contributed by atoms with Crippen molar-refractivity contribution >= 4 is 5.82 Å². The van der Waals surface area contributed by atoms with Gasteiger partial charge in [-0.3, -0.25) is 4.90 Å². The number of aryl methyl sites for hydroxylation is 1. The molecule has 2 heterocycles. The van der Waals surface area contributed by atoms with E-state index < -0.39 is 0 Å². The van der Waals surface area contributed by atoms with Gasteiger partial charge in [-0.1, -0.05) is 19.8 Å². The average Bonchev–Trinajstić information content (AvgIpc) is 2.46. The van der Waals surface area contributed by atoms with Gasteiger partial charge in [0.2, 0.25) is 0 Å². The lowest BCUT2D eigenvalue weighted by atomic mass is 10.1. The number of anilines is 1. The van der Waals surface area contributed by atoms with Crippen molar-refractivity contribution in [3.63, 3.8) is 0 Å². The van der Waals surface area contributed by atoms with Crippen molar-refractivity contribution in [1.29, 1.82) is 0 Å². The first-order chi connectivity index (χ1) is 9.29. The largest absolute Gasteiger partial charge is 0.368 e. The summed E-state index contributed by atoms with van der Waals surface area (Å²) in [4.78, 5) is 11.2. The molecule has 0 spiro atoms. The molecule has 0 aliphatic carbocycles. The molecule has 0 aromatic carbocycles. The molecule has 1 aliphatic rings. The fraction of sp³-hybridized carbons (Fsp3) is 0.733. The lowest BCUT2D eigenvalue weighted by Crippen LogP contribution is -2.41. The van der Waals surface area contributed by atoms with Crippen molar-refractivity contribution in [2.45, 2.75) is 52.0 Å². The molecule has 4 heteroatoms. The minimum atomic E-state index is 0.574. The minimum absolute atomic E-state index is 0.574. The maximum Gasteiger partial charge on any atom is 0.129 e. The molecule has 1 N–H and O–H groups in total. The normalized spacial score (nSPS) is 18.2. The molecule has 1 atom stereocenters. The number of nitrogens with one attached hydrogen (secondary N) is 1.